The van der Waals surface area contributed by atoms with Gasteiger partial charge in [0.1, 0.15) is 5.60 Å². The molecule has 7 heteroatoms. The van der Waals surface area contributed by atoms with E-state index in [1.54, 1.807) is 0 Å². The molecule has 232 valence electrons. The van der Waals surface area contributed by atoms with E-state index < -0.39 is 34.2 Å². The fraction of sp³-hybridized carbons (Fsp3) is 0.657. The molecular formula is C35H52O5P2. The molecular weight excluding hydrogens is 562 g/mol. The molecule has 42 heavy (non-hydrogen) atoms. The molecule has 4 fully saturated rings. The number of rotatable bonds is 18. The fourth-order valence-corrected chi connectivity index (χ4v) is 10.1. The van der Waals surface area contributed by atoms with E-state index in [4.69, 9.17) is 22.4 Å². The third kappa shape index (κ3) is 6.55. The Morgan fingerprint density at radius 1 is 0.524 bits per heavy atom. The number of benzene rings is 2. The monoisotopic (exact) mass is 614 g/mol. The zero-order valence-corrected chi connectivity index (χ0v) is 28.2. The van der Waals surface area contributed by atoms with Gasteiger partial charge in [-0.25, -0.2) is 4.31 Å². The van der Waals surface area contributed by atoms with E-state index >= 15 is 0 Å². The predicted octanol–water partition coefficient (Wildman–Crippen LogP) is 11.8. The average molecular weight is 615 g/mol. The molecule has 3 bridgehead atoms. The molecule has 2 aromatic rings. The van der Waals surface area contributed by atoms with Gasteiger partial charge in [-0.1, -0.05) is 139 Å². The number of unbranched alkanes of at least 4 members (excludes halogenated alkanes) is 12. The van der Waals surface area contributed by atoms with Crippen LogP contribution in [0, 0.1) is 5.41 Å². The standard InChI is InChI=1S/C35H52O5P2/c1-5-7-9-11-13-15-17-23-29-25-19-21-27-31(29)34(33(3,4)35-37-41(36-34)40-42(38-35)39-35)32-28-22-20-26-30(32)24-18-16-14-12-10-8-6-2/h19-22,25-28H,5-18,23-24H2,1-4H3. The van der Waals surface area contributed by atoms with E-state index in [1.807, 2.05) is 0 Å². The van der Waals surface area contributed by atoms with Crippen molar-refractivity contribution >= 4 is 17.2 Å². The van der Waals surface area contributed by atoms with E-state index in [0.717, 1.165) is 12.8 Å². The molecule has 0 saturated carbocycles. The van der Waals surface area contributed by atoms with Gasteiger partial charge in [0.15, 0.2) is 0 Å². The van der Waals surface area contributed by atoms with Gasteiger partial charge in [-0.3, -0.25) is 18.1 Å². The zero-order chi connectivity index (χ0) is 29.5. The average Bonchev–Trinajstić information content (AvgIpc) is 2.98. The van der Waals surface area contributed by atoms with E-state index in [2.05, 4.69) is 76.2 Å². The van der Waals surface area contributed by atoms with Crippen LogP contribution in [-0.4, -0.2) is 5.97 Å². The highest BCUT2D eigenvalue weighted by atomic mass is 31.2. The quantitative estimate of drug-likeness (QED) is 0.123. The summed E-state index contributed by atoms with van der Waals surface area (Å²) in [6.07, 6.45) is 20.1. The molecule has 1 atom stereocenters. The van der Waals surface area contributed by atoms with E-state index in [-0.39, 0.29) is 0 Å². The Kier molecular flexibility index (Phi) is 11.5. The first kappa shape index (κ1) is 32.5. The van der Waals surface area contributed by atoms with Crippen LogP contribution in [0.4, 0.5) is 0 Å². The summed E-state index contributed by atoms with van der Waals surface area (Å²) in [4.78, 5) is 0. The van der Waals surface area contributed by atoms with E-state index in [9.17, 15) is 0 Å². The molecule has 0 aliphatic carbocycles. The summed E-state index contributed by atoms with van der Waals surface area (Å²) >= 11 is 0. The molecule has 5 nitrogen and oxygen atoms in total. The van der Waals surface area contributed by atoms with Crippen molar-refractivity contribution < 1.29 is 22.4 Å². The van der Waals surface area contributed by atoms with Crippen molar-refractivity contribution in [3.05, 3.63) is 70.8 Å². The summed E-state index contributed by atoms with van der Waals surface area (Å²) < 4.78 is 31.9. The number of aryl methyl sites for hydroxylation is 2. The summed E-state index contributed by atoms with van der Waals surface area (Å²) in [5, 5.41) is 0. The summed E-state index contributed by atoms with van der Waals surface area (Å²) in [5.74, 6) is -1.17. The highest BCUT2D eigenvalue weighted by Gasteiger charge is 2.78. The molecule has 2 aromatic carbocycles. The van der Waals surface area contributed by atoms with Gasteiger partial charge in [-0.15, -0.1) is 0 Å². The Labute approximate surface area is 257 Å². The van der Waals surface area contributed by atoms with Crippen molar-refractivity contribution in [3.8, 4) is 0 Å². The summed E-state index contributed by atoms with van der Waals surface area (Å²) in [5.41, 5.74) is 3.54. The van der Waals surface area contributed by atoms with Crippen molar-refractivity contribution in [2.24, 2.45) is 5.41 Å². The van der Waals surface area contributed by atoms with Crippen LogP contribution in [0.2, 0.25) is 0 Å². The summed E-state index contributed by atoms with van der Waals surface area (Å²) in [6, 6.07) is 17.7. The van der Waals surface area contributed by atoms with Crippen LogP contribution in [0.5, 0.6) is 0 Å². The third-order valence-corrected chi connectivity index (χ3v) is 12.1. The second-order valence-electron chi connectivity index (χ2n) is 12.8. The van der Waals surface area contributed by atoms with Crippen molar-refractivity contribution in [1.29, 1.82) is 0 Å². The Balaban J connectivity index is 1.45. The van der Waals surface area contributed by atoms with Crippen LogP contribution in [0.25, 0.3) is 0 Å². The molecule has 4 aliphatic rings. The maximum Gasteiger partial charge on any atom is 0.349 e. The first-order valence-electron chi connectivity index (χ1n) is 16.7. The minimum absolute atomic E-state index is 0.673. The first-order valence-corrected chi connectivity index (χ1v) is 18.9. The van der Waals surface area contributed by atoms with Crippen molar-refractivity contribution in [3.63, 3.8) is 0 Å². The van der Waals surface area contributed by atoms with Gasteiger partial charge in [0.25, 0.3) is 0 Å². The second kappa shape index (κ2) is 14.9. The highest BCUT2D eigenvalue weighted by Crippen LogP contribution is 2.84. The summed E-state index contributed by atoms with van der Waals surface area (Å²) in [6.45, 7) is 8.93. The van der Waals surface area contributed by atoms with Crippen LogP contribution in [-0.2, 0) is 40.8 Å². The normalized spacial score (nSPS) is 25.2. The first-order chi connectivity index (χ1) is 20.5. The molecule has 0 N–H and O–H groups in total. The smallest absolute Gasteiger partial charge is 0.295 e. The Morgan fingerprint density at radius 3 is 1.40 bits per heavy atom. The number of hydrogen-bond donors (Lipinski definition) is 0. The molecule has 1 unspecified atom stereocenters. The molecule has 4 saturated heterocycles. The molecule has 1 spiro atoms. The second-order valence-corrected chi connectivity index (χ2v) is 15.1. The van der Waals surface area contributed by atoms with Crippen molar-refractivity contribution in [2.45, 2.75) is 142 Å². The van der Waals surface area contributed by atoms with Crippen LogP contribution >= 0.6 is 17.2 Å². The fourth-order valence-electron chi connectivity index (χ4n) is 6.88. The molecule has 6 rings (SSSR count). The molecule has 4 aliphatic heterocycles. The Morgan fingerprint density at radius 2 is 0.929 bits per heavy atom. The van der Waals surface area contributed by atoms with Crippen LogP contribution < -0.4 is 0 Å². The lowest BCUT2D eigenvalue weighted by Gasteiger charge is -2.65. The van der Waals surface area contributed by atoms with Crippen LogP contribution in [0.15, 0.2) is 48.5 Å². The predicted molar refractivity (Wildman–Crippen MR) is 173 cm³/mol. The minimum atomic E-state index is -1.61. The topological polar surface area (TPSA) is 46.2 Å². The molecule has 0 radical (unpaired) electrons. The van der Waals surface area contributed by atoms with E-state index in [0.29, 0.717) is 0 Å². The van der Waals surface area contributed by atoms with Gasteiger partial charge in [-0.05, 0) is 61.8 Å². The SMILES string of the molecule is CCCCCCCCCc1ccccc1C1(c2ccccc2CCCCCCCCC)OP2OP3OC(O3)(O2)C1(C)C. The largest absolute Gasteiger partial charge is 0.349 e. The molecule has 0 amide bonds. The lowest BCUT2D eigenvalue weighted by Crippen LogP contribution is -2.68. The van der Waals surface area contributed by atoms with Crippen molar-refractivity contribution in [1.82, 2.24) is 0 Å². The zero-order valence-electron chi connectivity index (χ0n) is 26.4. The Bertz CT molecular complexity index is 1070. The van der Waals surface area contributed by atoms with Gasteiger partial charge in [0.2, 0.25) is 0 Å². The lowest BCUT2D eigenvalue weighted by atomic mass is 9.63. The maximum absolute atomic E-state index is 7.13. The molecule has 0 aromatic heterocycles. The Hall–Kier alpha value is -0.900. The van der Waals surface area contributed by atoms with Gasteiger partial charge < -0.3 is 0 Å². The maximum atomic E-state index is 7.13. The summed E-state index contributed by atoms with van der Waals surface area (Å²) in [7, 11) is -3.01. The van der Waals surface area contributed by atoms with Crippen LogP contribution in [0.1, 0.15) is 140 Å². The van der Waals surface area contributed by atoms with Gasteiger partial charge in [0, 0.05) is 0 Å². The lowest BCUT2D eigenvalue weighted by molar-refractivity contribution is -0.424. The number of hydrogen-bond acceptors (Lipinski definition) is 5. The van der Waals surface area contributed by atoms with Gasteiger partial charge in [0.05, 0.1) is 5.41 Å². The van der Waals surface area contributed by atoms with Gasteiger partial charge in [-0.2, -0.15) is 0 Å². The third-order valence-electron chi connectivity index (χ3n) is 9.47. The molecule has 4 heterocycles. The van der Waals surface area contributed by atoms with E-state index in [1.165, 1.54) is 112 Å². The highest BCUT2D eigenvalue weighted by molar-refractivity contribution is 7.57. The van der Waals surface area contributed by atoms with Crippen molar-refractivity contribution in [2.75, 3.05) is 0 Å². The van der Waals surface area contributed by atoms with Crippen LogP contribution in [0.3, 0.4) is 0 Å². The van der Waals surface area contributed by atoms with Gasteiger partial charge >= 0.3 is 23.2 Å². The minimum Gasteiger partial charge on any atom is -0.295 e.